The monoisotopic (exact) mass is 270 g/mol. The third-order valence-electron chi connectivity index (χ3n) is 2.62. The molecule has 0 amide bonds. The van der Waals surface area contributed by atoms with Gasteiger partial charge in [0, 0.05) is 11.3 Å². The molecule has 1 atom stereocenters. The highest BCUT2D eigenvalue weighted by Gasteiger charge is 2.13. The Kier molecular flexibility index (Phi) is 3.82. The van der Waals surface area contributed by atoms with E-state index in [0.717, 1.165) is 10.4 Å². The van der Waals surface area contributed by atoms with Gasteiger partial charge in [0.1, 0.15) is 5.82 Å². The van der Waals surface area contributed by atoms with Crippen LogP contribution < -0.4 is 0 Å². The van der Waals surface area contributed by atoms with Crippen molar-refractivity contribution in [2.24, 2.45) is 0 Å². The summed E-state index contributed by atoms with van der Waals surface area (Å²) < 4.78 is 13.8. The van der Waals surface area contributed by atoms with Crippen LogP contribution >= 0.6 is 22.9 Å². The molecule has 0 aliphatic carbocycles. The van der Waals surface area contributed by atoms with Crippen molar-refractivity contribution in [2.45, 2.75) is 19.4 Å². The molecule has 0 fully saturated rings. The van der Waals surface area contributed by atoms with E-state index >= 15 is 0 Å². The van der Waals surface area contributed by atoms with E-state index < -0.39 is 6.10 Å². The Hall–Kier alpha value is -0.900. The number of halogens is 2. The Morgan fingerprint density at radius 1 is 1.35 bits per heavy atom. The first-order valence-electron chi connectivity index (χ1n) is 5.24. The van der Waals surface area contributed by atoms with Crippen molar-refractivity contribution >= 4 is 22.9 Å². The van der Waals surface area contributed by atoms with Crippen LogP contribution in [-0.2, 0) is 6.42 Å². The summed E-state index contributed by atoms with van der Waals surface area (Å²) in [5.74, 6) is -0.325. The molecule has 0 saturated heterocycles. The topological polar surface area (TPSA) is 20.2 Å². The Morgan fingerprint density at radius 2 is 2.12 bits per heavy atom. The van der Waals surface area contributed by atoms with Crippen LogP contribution in [0.25, 0.3) is 0 Å². The van der Waals surface area contributed by atoms with Crippen LogP contribution in [0, 0.1) is 12.7 Å². The highest BCUT2D eigenvalue weighted by atomic mass is 35.5. The number of aliphatic hydroxyl groups excluding tert-OH is 1. The van der Waals surface area contributed by atoms with Crippen LogP contribution in [-0.4, -0.2) is 5.11 Å². The maximum atomic E-state index is 13.1. The molecular formula is C13H12ClFOS. The van der Waals surface area contributed by atoms with Crippen molar-refractivity contribution in [3.63, 3.8) is 0 Å². The van der Waals surface area contributed by atoms with Gasteiger partial charge in [0.15, 0.2) is 0 Å². The third-order valence-corrected chi connectivity index (χ3v) is 3.88. The highest BCUT2D eigenvalue weighted by molar-refractivity contribution is 7.16. The summed E-state index contributed by atoms with van der Waals surface area (Å²) in [6.07, 6.45) is -0.234. The minimum atomic E-state index is -0.694. The normalized spacial score (nSPS) is 12.7. The smallest absolute Gasteiger partial charge is 0.123 e. The van der Waals surface area contributed by atoms with Gasteiger partial charge in [0.05, 0.1) is 10.4 Å². The van der Waals surface area contributed by atoms with Crippen molar-refractivity contribution in [1.29, 1.82) is 0 Å². The van der Waals surface area contributed by atoms with Gasteiger partial charge in [0.2, 0.25) is 0 Å². The molecule has 90 valence electrons. The van der Waals surface area contributed by atoms with Crippen molar-refractivity contribution < 1.29 is 9.50 Å². The largest absolute Gasteiger partial charge is 0.388 e. The molecule has 1 nitrogen and oxygen atoms in total. The number of aliphatic hydroxyl groups is 1. The summed E-state index contributed by atoms with van der Waals surface area (Å²) >= 11 is 7.26. The van der Waals surface area contributed by atoms with E-state index in [2.05, 4.69) is 0 Å². The molecule has 1 aromatic heterocycles. The molecule has 0 spiro atoms. The molecule has 1 heterocycles. The lowest BCUT2D eigenvalue weighted by Crippen LogP contribution is -2.03. The molecule has 17 heavy (non-hydrogen) atoms. The van der Waals surface area contributed by atoms with Gasteiger partial charge >= 0.3 is 0 Å². The predicted molar refractivity (Wildman–Crippen MR) is 69.1 cm³/mol. The van der Waals surface area contributed by atoms with Crippen molar-refractivity contribution in [2.75, 3.05) is 0 Å². The van der Waals surface area contributed by atoms with Gasteiger partial charge < -0.3 is 5.11 Å². The number of hydrogen-bond donors (Lipinski definition) is 1. The van der Waals surface area contributed by atoms with E-state index in [9.17, 15) is 9.50 Å². The fourth-order valence-corrected chi connectivity index (χ4v) is 2.86. The molecule has 2 rings (SSSR count). The number of thiophene rings is 1. The van der Waals surface area contributed by atoms with Gasteiger partial charge in [0.25, 0.3) is 0 Å². The third kappa shape index (κ3) is 3.06. The van der Waals surface area contributed by atoms with E-state index in [1.807, 2.05) is 13.0 Å². The maximum absolute atomic E-state index is 13.1. The molecule has 4 heteroatoms. The Balaban J connectivity index is 2.19. The van der Waals surface area contributed by atoms with Gasteiger partial charge in [-0.2, -0.15) is 0 Å². The van der Waals surface area contributed by atoms with E-state index in [4.69, 9.17) is 11.6 Å². The van der Waals surface area contributed by atoms with Gasteiger partial charge in [-0.3, -0.25) is 0 Å². The number of benzene rings is 1. The minimum Gasteiger partial charge on any atom is -0.388 e. The number of hydrogen-bond acceptors (Lipinski definition) is 2. The molecule has 0 radical (unpaired) electrons. The molecule has 0 saturated carbocycles. The molecule has 0 aliphatic heterocycles. The second-order valence-corrected chi connectivity index (χ2v) is 5.73. The zero-order valence-corrected chi connectivity index (χ0v) is 10.9. The summed E-state index contributed by atoms with van der Waals surface area (Å²) in [5, 5.41) is 10.1. The van der Waals surface area contributed by atoms with E-state index in [0.29, 0.717) is 16.3 Å². The van der Waals surface area contributed by atoms with Crippen molar-refractivity contribution in [1.82, 2.24) is 0 Å². The first kappa shape index (κ1) is 12.6. The lowest BCUT2D eigenvalue weighted by atomic mass is 10.0. The number of aryl methyl sites for hydroxylation is 1. The molecule has 1 N–H and O–H groups in total. The molecular weight excluding hydrogens is 259 g/mol. The summed E-state index contributed by atoms with van der Waals surface area (Å²) in [6.45, 7) is 1.86. The van der Waals surface area contributed by atoms with Crippen molar-refractivity contribution in [3.05, 3.63) is 56.5 Å². The molecule has 1 aromatic carbocycles. The highest BCUT2D eigenvalue weighted by Crippen LogP contribution is 2.28. The van der Waals surface area contributed by atoms with Crippen LogP contribution in [0.3, 0.4) is 0 Å². The second-order valence-electron chi connectivity index (χ2n) is 3.93. The van der Waals surface area contributed by atoms with E-state index in [1.54, 1.807) is 12.1 Å². The van der Waals surface area contributed by atoms with E-state index in [-0.39, 0.29) is 5.82 Å². The molecule has 1 unspecified atom stereocenters. The SMILES string of the molecule is Cc1ccc(F)cc1C(O)Cc1ccc(Cl)s1. The fourth-order valence-electron chi connectivity index (χ4n) is 1.73. The second kappa shape index (κ2) is 5.17. The Morgan fingerprint density at radius 3 is 2.76 bits per heavy atom. The van der Waals surface area contributed by atoms with Crippen molar-refractivity contribution in [3.8, 4) is 0 Å². The predicted octanol–water partition coefficient (Wildman–Crippen LogP) is 4.13. The lowest BCUT2D eigenvalue weighted by Gasteiger charge is -2.12. The van der Waals surface area contributed by atoms with Crippen LogP contribution in [0.4, 0.5) is 4.39 Å². The van der Waals surface area contributed by atoms with Crippen LogP contribution in [0.1, 0.15) is 22.1 Å². The van der Waals surface area contributed by atoms with Crippen LogP contribution in [0.2, 0.25) is 4.34 Å². The summed E-state index contributed by atoms with van der Waals surface area (Å²) in [5.41, 5.74) is 1.52. The van der Waals surface area contributed by atoms with Gasteiger partial charge in [-0.05, 0) is 42.3 Å². The standard InChI is InChI=1S/C13H12ClFOS/c1-8-2-3-9(15)6-11(8)12(16)7-10-4-5-13(14)17-10/h2-6,12,16H,7H2,1H3. The van der Waals surface area contributed by atoms with Gasteiger partial charge in [-0.15, -0.1) is 11.3 Å². The lowest BCUT2D eigenvalue weighted by molar-refractivity contribution is 0.178. The van der Waals surface area contributed by atoms with Crippen LogP contribution in [0.5, 0.6) is 0 Å². The Labute approximate surface area is 108 Å². The van der Waals surface area contributed by atoms with E-state index in [1.165, 1.54) is 23.5 Å². The summed E-state index contributed by atoms with van der Waals surface area (Å²) in [6, 6.07) is 8.13. The van der Waals surface area contributed by atoms with Gasteiger partial charge in [-0.1, -0.05) is 17.7 Å². The Bertz CT molecular complexity index is 524. The molecule has 0 aliphatic rings. The fraction of sp³-hybridized carbons (Fsp3) is 0.231. The average molecular weight is 271 g/mol. The summed E-state index contributed by atoms with van der Waals surface area (Å²) in [4.78, 5) is 0.992. The van der Waals surface area contributed by atoms with Crippen LogP contribution in [0.15, 0.2) is 30.3 Å². The zero-order valence-electron chi connectivity index (χ0n) is 9.28. The molecule has 0 bridgehead atoms. The minimum absolute atomic E-state index is 0.325. The maximum Gasteiger partial charge on any atom is 0.123 e. The summed E-state index contributed by atoms with van der Waals surface area (Å²) in [7, 11) is 0. The first-order chi connectivity index (χ1) is 8.06. The average Bonchev–Trinajstić information content (AvgIpc) is 2.67. The zero-order chi connectivity index (χ0) is 12.4. The quantitative estimate of drug-likeness (QED) is 0.889. The number of rotatable bonds is 3. The van der Waals surface area contributed by atoms with Gasteiger partial charge in [-0.25, -0.2) is 4.39 Å². The molecule has 2 aromatic rings. The first-order valence-corrected chi connectivity index (χ1v) is 6.44.